The number of alkyl halides is 3. The third-order valence-electron chi connectivity index (χ3n) is 4.81. The maximum absolute atomic E-state index is 13.8. The van der Waals surface area contributed by atoms with Crippen LogP contribution < -0.4 is 10.1 Å². The topological polar surface area (TPSA) is 55.4 Å². The molecule has 2 atom stereocenters. The van der Waals surface area contributed by atoms with Gasteiger partial charge in [-0.05, 0) is 23.8 Å². The largest absolute Gasteiger partial charge is 0.496 e. The zero-order valence-corrected chi connectivity index (χ0v) is 14.8. The van der Waals surface area contributed by atoms with Crippen molar-refractivity contribution < 1.29 is 31.9 Å². The number of amides is 1. The van der Waals surface area contributed by atoms with Gasteiger partial charge >= 0.3 is 6.18 Å². The fourth-order valence-corrected chi connectivity index (χ4v) is 3.41. The van der Waals surface area contributed by atoms with Crippen molar-refractivity contribution in [2.45, 2.75) is 18.5 Å². The SMILES string of the molecule is COc1cc(C(F)(F)F)ccc1[C@H]1CNC(=O)[C@@H]1C(=O)Cc1ccccc1F. The van der Waals surface area contributed by atoms with E-state index in [-0.39, 0.29) is 24.3 Å². The third-order valence-corrected chi connectivity index (χ3v) is 4.81. The number of hydrogen-bond acceptors (Lipinski definition) is 3. The molecule has 4 nitrogen and oxygen atoms in total. The van der Waals surface area contributed by atoms with Crippen LogP contribution in [-0.2, 0) is 22.2 Å². The van der Waals surface area contributed by atoms with Gasteiger partial charge in [0.1, 0.15) is 23.3 Å². The van der Waals surface area contributed by atoms with E-state index in [4.69, 9.17) is 4.74 Å². The number of carbonyl (C=O) groups is 2. The minimum atomic E-state index is -4.55. The second-order valence-electron chi connectivity index (χ2n) is 6.52. The number of nitrogens with one attached hydrogen (secondary N) is 1. The standard InChI is InChI=1S/C20H17F4NO3/c1-28-17-9-12(20(22,23)24)6-7-13(17)14-10-25-19(27)18(14)16(26)8-11-4-2-3-5-15(11)21/h2-7,9,14,18H,8,10H2,1H3,(H,25,27)/t14-,18+/m1/s1. The van der Waals surface area contributed by atoms with Crippen LogP contribution in [0.15, 0.2) is 42.5 Å². The van der Waals surface area contributed by atoms with Crippen LogP contribution in [0.5, 0.6) is 5.75 Å². The molecule has 0 bridgehead atoms. The molecule has 0 unspecified atom stereocenters. The summed E-state index contributed by atoms with van der Waals surface area (Å²) < 4.78 is 57.8. The molecule has 1 amide bonds. The van der Waals surface area contributed by atoms with Crippen LogP contribution in [0.4, 0.5) is 17.6 Å². The Labute approximate surface area is 158 Å². The van der Waals surface area contributed by atoms with Gasteiger partial charge in [0, 0.05) is 24.4 Å². The highest BCUT2D eigenvalue weighted by Gasteiger charge is 2.42. The molecule has 148 valence electrons. The van der Waals surface area contributed by atoms with E-state index in [1.165, 1.54) is 31.4 Å². The lowest BCUT2D eigenvalue weighted by Crippen LogP contribution is -2.29. The first kappa shape index (κ1) is 19.9. The molecule has 0 aliphatic carbocycles. The van der Waals surface area contributed by atoms with Crippen molar-refractivity contribution in [2.24, 2.45) is 5.92 Å². The summed E-state index contributed by atoms with van der Waals surface area (Å²) in [4.78, 5) is 25.0. The number of Topliss-reactive ketones (excluding diaryl/α,β-unsaturated/α-hetero) is 1. The van der Waals surface area contributed by atoms with E-state index in [0.29, 0.717) is 5.56 Å². The fraction of sp³-hybridized carbons (Fsp3) is 0.300. The Morgan fingerprint density at radius 3 is 2.57 bits per heavy atom. The second-order valence-corrected chi connectivity index (χ2v) is 6.52. The average Bonchev–Trinajstić information content (AvgIpc) is 3.03. The van der Waals surface area contributed by atoms with Crippen LogP contribution in [0.3, 0.4) is 0 Å². The molecule has 8 heteroatoms. The minimum absolute atomic E-state index is 0.0555. The Hall–Kier alpha value is -2.90. The zero-order chi connectivity index (χ0) is 20.5. The smallest absolute Gasteiger partial charge is 0.416 e. The molecule has 3 rings (SSSR count). The molecule has 0 spiro atoms. The number of methoxy groups -OCH3 is 1. The highest BCUT2D eigenvalue weighted by Crippen LogP contribution is 2.39. The van der Waals surface area contributed by atoms with E-state index in [0.717, 1.165) is 12.1 Å². The van der Waals surface area contributed by atoms with Crippen LogP contribution in [0.1, 0.15) is 22.6 Å². The Bertz CT molecular complexity index is 911. The Kier molecular flexibility index (Phi) is 5.40. The van der Waals surface area contributed by atoms with E-state index in [1.54, 1.807) is 6.07 Å². The summed E-state index contributed by atoms with van der Waals surface area (Å²) >= 11 is 0. The van der Waals surface area contributed by atoms with Gasteiger partial charge in [0.15, 0.2) is 0 Å². The molecular weight excluding hydrogens is 378 g/mol. The first-order chi connectivity index (χ1) is 13.2. The molecule has 1 N–H and O–H groups in total. The molecule has 0 aromatic heterocycles. The quantitative estimate of drug-likeness (QED) is 0.623. The summed E-state index contributed by atoms with van der Waals surface area (Å²) in [6, 6.07) is 8.69. The van der Waals surface area contributed by atoms with Crippen LogP contribution in [0.25, 0.3) is 0 Å². The summed E-state index contributed by atoms with van der Waals surface area (Å²) in [5.41, 5.74) is -0.411. The summed E-state index contributed by atoms with van der Waals surface area (Å²) in [7, 11) is 1.22. The summed E-state index contributed by atoms with van der Waals surface area (Å²) in [6.45, 7) is 0.0776. The van der Waals surface area contributed by atoms with E-state index in [1.807, 2.05) is 0 Å². The van der Waals surface area contributed by atoms with Crippen molar-refractivity contribution in [3.05, 3.63) is 65.0 Å². The predicted octanol–water partition coefficient (Wildman–Crippen LogP) is 3.49. The van der Waals surface area contributed by atoms with E-state index >= 15 is 0 Å². The predicted molar refractivity (Wildman–Crippen MR) is 92.3 cm³/mol. The van der Waals surface area contributed by atoms with Gasteiger partial charge < -0.3 is 10.1 Å². The van der Waals surface area contributed by atoms with Crippen LogP contribution >= 0.6 is 0 Å². The first-order valence-corrected chi connectivity index (χ1v) is 8.51. The number of hydrogen-bond donors (Lipinski definition) is 1. The van der Waals surface area contributed by atoms with Crippen molar-refractivity contribution in [2.75, 3.05) is 13.7 Å². The van der Waals surface area contributed by atoms with Crippen molar-refractivity contribution in [3.63, 3.8) is 0 Å². The molecule has 2 aromatic rings. The molecule has 1 fully saturated rings. The van der Waals surface area contributed by atoms with Crippen LogP contribution in [0, 0.1) is 11.7 Å². The molecule has 1 aliphatic heterocycles. The van der Waals surface area contributed by atoms with Gasteiger partial charge in [0.25, 0.3) is 0 Å². The van der Waals surface area contributed by atoms with Crippen LogP contribution in [-0.4, -0.2) is 25.3 Å². The molecule has 28 heavy (non-hydrogen) atoms. The third kappa shape index (κ3) is 3.85. The van der Waals surface area contributed by atoms with Gasteiger partial charge in [0.05, 0.1) is 12.7 Å². The number of ether oxygens (including phenoxy) is 1. The molecule has 1 saturated heterocycles. The second kappa shape index (κ2) is 7.61. The Morgan fingerprint density at radius 1 is 1.21 bits per heavy atom. The van der Waals surface area contributed by atoms with Crippen molar-refractivity contribution in [3.8, 4) is 5.75 Å². The first-order valence-electron chi connectivity index (χ1n) is 8.51. The lowest BCUT2D eigenvalue weighted by molar-refractivity contribution is -0.138. The van der Waals surface area contributed by atoms with Crippen molar-refractivity contribution in [1.29, 1.82) is 0 Å². The maximum atomic E-state index is 13.8. The van der Waals surface area contributed by atoms with Crippen molar-refractivity contribution in [1.82, 2.24) is 5.32 Å². The number of ketones is 1. The number of halogens is 4. The van der Waals surface area contributed by atoms with Crippen LogP contribution in [0.2, 0.25) is 0 Å². The van der Waals surface area contributed by atoms with Gasteiger partial charge in [-0.15, -0.1) is 0 Å². The molecule has 0 radical (unpaired) electrons. The zero-order valence-electron chi connectivity index (χ0n) is 14.8. The Balaban J connectivity index is 1.92. The summed E-state index contributed by atoms with van der Waals surface area (Å²) in [6.07, 6.45) is -4.83. The van der Waals surface area contributed by atoms with Gasteiger partial charge in [-0.2, -0.15) is 13.2 Å². The molecule has 1 aliphatic rings. The average molecular weight is 395 g/mol. The van der Waals surface area contributed by atoms with Gasteiger partial charge in [-0.25, -0.2) is 4.39 Å². The normalized spacial score (nSPS) is 19.4. The van der Waals surface area contributed by atoms with Gasteiger partial charge in [0.2, 0.25) is 5.91 Å². The molecule has 0 saturated carbocycles. The fourth-order valence-electron chi connectivity index (χ4n) is 3.41. The number of carbonyl (C=O) groups excluding carboxylic acids is 2. The molecular formula is C20H17F4NO3. The molecule has 1 heterocycles. The van der Waals surface area contributed by atoms with E-state index < -0.39 is 41.1 Å². The minimum Gasteiger partial charge on any atom is -0.496 e. The van der Waals surface area contributed by atoms with Crippen molar-refractivity contribution >= 4 is 11.7 Å². The summed E-state index contributed by atoms with van der Waals surface area (Å²) in [5.74, 6) is -3.49. The monoisotopic (exact) mass is 395 g/mol. The highest BCUT2D eigenvalue weighted by atomic mass is 19.4. The van der Waals surface area contributed by atoms with E-state index in [2.05, 4.69) is 5.32 Å². The highest BCUT2D eigenvalue weighted by molar-refractivity contribution is 6.04. The number of rotatable bonds is 5. The summed E-state index contributed by atoms with van der Waals surface area (Å²) in [5, 5.41) is 2.56. The van der Waals surface area contributed by atoms with Gasteiger partial charge in [-0.1, -0.05) is 24.3 Å². The lowest BCUT2D eigenvalue weighted by atomic mass is 9.83. The molecule has 2 aromatic carbocycles. The van der Waals surface area contributed by atoms with E-state index in [9.17, 15) is 27.2 Å². The maximum Gasteiger partial charge on any atom is 0.416 e. The number of benzene rings is 2. The van der Waals surface area contributed by atoms with Gasteiger partial charge in [-0.3, -0.25) is 9.59 Å². The Morgan fingerprint density at radius 2 is 1.93 bits per heavy atom. The lowest BCUT2D eigenvalue weighted by Gasteiger charge is -2.20.